The van der Waals surface area contributed by atoms with Crippen molar-refractivity contribution in [3.63, 3.8) is 0 Å². The maximum Gasteiger partial charge on any atom is 0.0858 e. The molecule has 2 aromatic rings. The lowest BCUT2D eigenvalue weighted by Crippen LogP contribution is -1.80. The lowest BCUT2D eigenvalue weighted by molar-refractivity contribution is 1.23. The average molecular weight is 234 g/mol. The quantitative estimate of drug-likeness (QED) is 0.616. The molecule has 3 nitrogen and oxygen atoms in total. The van der Waals surface area contributed by atoms with Gasteiger partial charge >= 0.3 is 0 Å². The van der Waals surface area contributed by atoms with Crippen molar-refractivity contribution < 1.29 is 0 Å². The standard InChI is InChI=1S/C12H11N3.ClH/c13-10-6-8-12(9-7-10)15-14-11-4-2-1-3-5-11;/h1-9H,13H2;1H. The minimum absolute atomic E-state index is 0. The Labute approximate surface area is 100 Å². The van der Waals surface area contributed by atoms with Gasteiger partial charge in [0.05, 0.1) is 11.4 Å². The van der Waals surface area contributed by atoms with Crippen molar-refractivity contribution >= 4 is 29.5 Å². The Morgan fingerprint density at radius 1 is 0.688 bits per heavy atom. The first-order valence-corrected chi connectivity index (χ1v) is 4.67. The van der Waals surface area contributed by atoms with Crippen molar-refractivity contribution in [3.8, 4) is 0 Å². The second-order valence-electron chi connectivity index (χ2n) is 3.13. The van der Waals surface area contributed by atoms with Crippen LogP contribution in [0.4, 0.5) is 17.1 Å². The predicted octanol–water partition coefficient (Wildman–Crippen LogP) is 4.11. The zero-order chi connectivity index (χ0) is 10.5. The molecule has 0 aliphatic heterocycles. The van der Waals surface area contributed by atoms with E-state index in [2.05, 4.69) is 10.2 Å². The summed E-state index contributed by atoms with van der Waals surface area (Å²) in [6.45, 7) is 0. The molecule has 2 N–H and O–H groups in total. The summed E-state index contributed by atoms with van der Waals surface area (Å²) in [4.78, 5) is 0. The van der Waals surface area contributed by atoms with E-state index >= 15 is 0 Å². The molecule has 0 radical (unpaired) electrons. The molecular formula is C12H12ClN3. The number of halogens is 1. The van der Waals surface area contributed by atoms with Gasteiger partial charge in [0.25, 0.3) is 0 Å². The van der Waals surface area contributed by atoms with Gasteiger partial charge in [-0.1, -0.05) is 18.2 Å². The van der Waals surface area contributed by atoms with Crippen molar-refractivity contribution in [2.24, 2.45) is 10.2 Å². The van der Waals surface area contributed by atoms with E-state index in [0.29, 0.717) is 0 Å². The molecule has 0 aliphatic rings. The fourth-order valence-corrected chi connectivity index (χ4v) is 1.15. The van der Waals surface area contributed by atoms with Crippen molar-refractivity contribution in [2.75, 3.05) is 5.73 Å². The lowest BCUT2D eigenvalue weighted by Gasteiger charge is -1.93. The van der Waals surface area contributed by atoms with Gasteiger partial charge in [-0.3, -0.25) is 0 Å². The first-order valence-electron chi connectivity index (χ1n) is 4.67. The van der Waals surface area contributed by atoms with E-state index in [1.807, 2.05) is 42.5 Å². The summed E-state index contributed by atoms with van der Waals surface area (Å²) >= 11 is 0. The van der Waals surface area contributed by atoms with E-state index < -0.39 is 0 Å². The highest BCUT2D eigenvalue weighted by Gasteiger charge is 1.89. The Balaban J connectivity index is 0.00000128. The monoisotopic (exact) mass is 233 g/mol. The Morgan fingerprint density at radius 2 is 1.19 bits per heavy atom. The van der Waals surface area contributed by atoms with E-state index in [9.17, 15) is 0 Å². The largest absolute Gasteiger partial charge is 0.399 e. The summed E-state index contributed by atoms with van der Waals surface area (Å²) in [6, 6.07) is 16.9. The van der Waals surface area contributed by atoms with Gasteiger partial charge in [-0.25, -0.2) is 0 Å². The van der Waals surface area contributed by atoms with Crippen LogP contribution < -0.4 is 5.73 Å². The van der Waals surface area contributed by atoms with E-state index in [4.69, 9.17) is 5.73 Å². The summed E-state index contributed by atoms with van der Waals surface area (Å²) < 4.78 is 0. The van der Waals surface area contributed by atoms with Gasteiger partial charge < -0.3 is 5.73 Å². The lowest BCUT2D eigenvalue weighted by atomic mass is 10.3. The Hall–Kier alpha value is -1.87. The van der Waals surface area contributed by atoms with Crippen LogP contribution in [0.5, 0.6) is 0 Å². The molecule has 0 bridgehead atoms. The second-order valence-corrected chi connectivity index (χ2v) is 3.13. The third kappa shape index (κ3) is 3.37. The number of hydrogen-bond acceptors (Lipinski definition) is 3. The zero-order valence-corrected chi connectivity index (χ0v) is 9.39. The number of nitrogen functional groups attached to an aromatic ring is 1. The molecule has 2 rings (SSSR count). The van der Waals surface area contributed by atoms with E-state index in [1.165, 1.54) is 0 Å². The van der Waals surface area contributed by atoms with Crippen LogP contribution in [-0.4, -0.2) is 0 Å². The maximum atomic E-state index is 5.56. The SMILES string of the molecule is Cl.Nc1ccc(N=Nc2ccccc2)cc1. The van der Waals surface area contributed by atoms with Gasteiger partial charge in [-0.15, -0.1) is 12.4 Å². The van der Waals surface area contributed by atoms with Gasteiger partial charge in [-0.05, 0) is 36.4 Å². The van der Waals surface area contributed by atoms with Crippen molar-refractivity contribution in [1.29, 1.82) is 0 Å². The number of rotatable bonds is 2. The number of nitrogens with zero attached hydrogens (tertiary/aromatic N) is 2. The summed E-state index contributed by atoms with van der Waals surface area (Å²) in [6.07, 6.45) is 0. The van der Waals surface area contributed by atoms with Crippen LogP contribution in [0, 0.1) is 0 Å². The molecule has 2 aromatic carbocycles. The molecule has 4 heteroatoms. The molecule has 0 heterocycles. The highest BCUT2D eigenvalue weighted by molar-refractivity contribution is 5.85. The molecule has 0 fully saturated rings. The molecule has 16 heavy (non-hydrogen) atoms. The highest BCUT2D eigenvalue weighted by atomic mass is 35.5. The second kappa shape index (κ2) is 5.88. The molecule has 0 aliphatic carbocycles. The van der Waals surface area contributed by atoms with Crippen LogP contribution >= 0.6 is 12.4 Å². The smallest absolute Gasteiger partial charge is 0.0858 e. The van der Waals surface area contributed by atoms with Crippen LogP contribution in [0.15, 0.2) is 64.8 Å². The third-order valence-electron chi connectivity index (χ3n) is 1.93. The third-order valence-corrected chi connectivity index (χ3v) is 1.93. The average Bonchev–Trinajstić information content (AvgIpc) is 2.30. The summed E-state index contributed by atoms with van der Waals surface area (Å²) in [5.74, 6) is 0. The number of hydrogen-bond donors (Lipinski definition) is 1. The molecular weight excluding hydrogens is 222 g/mol. The van der Waals surface area contributed by atoms with Gasteiger partial charge in [0.15, 0.2) is 0 Å². The summed E-state index contributed by atoms with van der Waals surface area (Å²) in [5, 5.41) is 8.18. The molecule has 0 unspecified atom stereocenters. The van der Waals surface area contributed by atoms with E-state index in [-0.39, 0.29) is 12.4 Å². The topological polar surface area (TPSA) is 50.7 Å². The fourth-order valence-electron chi connectivity index (χ4n) is 1.15. The molecule has 0 saturated heterocycles. The van der Waals surface area contributed by atoms with E-state index in [0.717, 1.165) is 17.1 Å². The number of benzene rings is 2. The van der Waals surface area contributed by atoms with Crippen LogP contribution in [0.3, 0.4) is 0 Å². The first kappa shape index (κ1) is 12.2. The maximum absolute atomic E-state index is 5.56. The molecule has 82 valence electrons. The van der Waals surface area contributed by atoms with Crippen LogP contribution in [0.25, 0.3) is 0 Å². The zero-order valence-electron chi connectivity index (χ0n) is 8.58. The molecule has 0 spiro atoms. The van der Waals surface area contributed by atoms with E-state index in [1.54, 1.807) is 12.1 Å². The van der Waals surface area contributed by atoms with Crippen molar-refractivity contribution in [3.05, 3.63) is 54.6 Å². The number of nitrogens with two attached hydrogens (primary N) is 1. The van der Waals surface area contributed by atoms with Gasteiger partial charge in [0, 0.05) is 5.69 Å². The Bertz CT molecular complexity index is 451. The Kier molecular flexibility index (Phi) is 4.48. The van der Waals surface area contributed by atoms with Crippen LogP contribution in [-0.2, 0) is 0 Å². The minimum atomic E-state index is 0. The summed E-state index contributed by atoms with van der Waals surface area (Å²) in [5.41, 5.74) is 7.93. The van der Waals surface area contributed by atoms with Gasteiger partial charge in [0.1, 0.15) is 0 Å². The van der Waals surface area contributed by atoms with Crippen LogP contribution in [0.1, 0.15) is 0 Å². The summed E-state index contributed by atoms with van der Waals surface area (Å²) in [7, 11) is 0. The van der Waals surface area contributed by atoms with Gasteiger partial charge in [-0.2, -0.15) is 10.2 Å². The Morgan fingerprint density at radius 3 is 1.75 bits per heavy atom. The predicted molar refractivity (Wildman–Crippen MR) is 68.7 cm³/mol. The first-order chi connectivity index (χ1) is 7.34. The van der Waals surface area contributed by atoms with Crippen molar-refractivity contribution in [1.82, 2.24) is 0 Å². The molecule has 0 saturated carbocycles. The van der Waals surface area contributed by atoms with Crippen molar-refractivity contribution in [2.45, 2.75) is 0 Å². The minimum Gasteiger partial charge on any atom is -0.399 e. The fraction of sp³-hybridized carbons (Fsp3) is 0. The van der Waals surface area contributed by atoms with Crippen LogP contribution in [0.2, 0.25) is 0 Å². The molecule has 0 amide bonds. The molecule has 0 atom stereocenters. The number of azo groups is 1. The normalized spacial score (nSPS) is 10.0. The molecule has 0 aromatic heterocycles. The van der Waals surface area contributed by atoms with Gasteiger partial charge in [0.2, 0.25) is 0 Å². The highest BCUT2D eigenvalue weighted by Crippen LogP contribution is 2.18. The number of anilines is 1.